The topological polar surface area (TPSA) is 42.0 Å². The summed E-state index contributed by atoms with van der Waals surface area (Å²) in [6.07, 6.45) is 6.81. The number of amides is 1. The van der Waals surface area contributed by atoms with Crippen LogP contribution in [0.15, 0.2) is 18.2 Å². The molecule has 1 aliphatic rings. The van der Waals surface area contributed by atoms with Crippen LogP contribution in [0.2, 0.25) is 5.02 Å². The van der Waals surface area contributed by atoms with Crippen molar-refractivity contribution in [3.05, 3.63) is 45.2 Å². The average Bonchev–Trinajstić information content (AvgIpc) is 2.80. The lowest BCUT2D eigenvalue weighted by Crippen LogP contribution is -2.12. The highest BCUT2D eigenvalue weighted by atomic mass is 35.5. The number of halogens is 2. The zero-order valence-electron chi connectivity index (χ0n) is 12.0. The molecule has 3 nitrogen and oxygen atoms in total. The fraction of sp³-hybridized carbons (Fsp3) is 0.375. The summed E-state index contributed by atoms with van der Waals surface area (Å²) in [5, 5.41) is 3.48. The van der Waals surface area contributed by atoms with E-state index in [2.05, 4.69) is 10.3 Å². The number of fused-ring (bicyclic) bond motifs is 1. The largest absolute Gasteiger partial charge is 0.298 e. The van der Waals surface area contributed by atoms with Crippen molar-refractivity contribution in [2.45, 2.75) is 38.5 Å². The third-order valence-corrected chi connectivity index (χ3v) is 5.13. The Labute approximate surface area is 137 Å². The Balaban J connectivity index is 1.78. The van der Waals surface area contributed by atoms with E-state index in [1.165, 1.54) is 47.6 Å². The number of carbonyl (C=O) groups excluding carboxylic acids is 1. The first-order valence-corrected chi connectivity index (χ1v) is 8.58. The number of hydrogen-bond acceptors (Lipinski definition) is 3. The SMILES string of the molecule is O=C(Nc1nc2c(s1)CCCCCC2)c1ccc(F)cc1Cl. The Morgan fingerprint density at radius 2 is 2.00 bits per heavy atom. The summed E-state index contributed by atoms with van der Waals surface area (Å²) in [6, 6.07) is 3.75. The van der Waals surface area contributed by atoms with Crippen LogP contribution in [-0.2, 0) is 12.8 Å². The minimum atomic E-state index is -0.459. The molecular weight excluding hydrogens is 323 g/mol. The Hall–Kier alpha value is -1.46. The molecule has 6 heteroatoms. The third-order valence-electron chi connectivity index (χ3n) is 3.74. The number of hydrogen-bond donors (Lipinski definition) is 1. The van der Waals surface area contributed by atoms with Crippen molar-refractivity contribution >= 4 is 34.0 Å². The normalized spacial score (nSPS) is 14.8. The fourth-order valence-electron chi connectivity index (χ4n) is 2.60. The van der Waals surface area contributed by atoms with Gasteiger partial charge in [-0.15, -0.1) is 11.3 Å². The van der Waals surface area contributed by atoms with Crippen molar-refractivity contribution in [3.63, 3.8) is 0 Å². The summed E-state index contributed by atoms with van der Waals surface area (Å²) in [6.45, 7) is 0. The molecule has 0 fully saturated rings. The zero-order chi connectivity index (χ0) is 15.5. The van der Waals surface area contributed by atoms with Gasteiger partial charge in [0.25, 0.3) is 5.91 Å². The van der Waals surface area contributed by atoms with E-state index in [1.807, 2.05) is 0 Å². The summed E-state index contributed by atoms with van der Waals surface area (Å²) in [5.41, 5.74) is 1.36. The number of thiazole rings is 1. The highest BCUT2D eigenvalue weighted by molar-refractivity contribution is 7.15. The molecule has 0 unspecified atom stereocenters. The van der Waals surface area contributed by atoms with Gasteiger partial charge in [-0.05, 0) is 43.9 Å². The van der Waals surface area contributed by atoms with Gasteiger partial charge >= 0.3 is 0 Å². The van der Waals surface area contributed by atoms with E-state index in [1.54, 1.807) is 0 Å². The van der Waals surface area contributed by atoms with Gasteiger partial charge in [-0.25, -0.2) is 9.37 Å². The van der Waals surface area contributed by atoms with Crippen molar-refractivity contribution in [3.8, 4) is 0 Å². The van der Waals surface area contributed by atoms with E-state index < -0.39 is 5.82 Å². The Bertz CT molecular complexity index is 676. The number of anilines is 1. The van der Waals surface area contributed by atoms with Crippen LogP contribution < -0.4 is 5.32 Å². The predicted molar refractivity (Wildman–Crippen MR) is 87.4 cm³/mol. The van der Waals surface area contributed by atoms with Crippen LogP contribution in [0.25, 0.3) is 0 Å². The number of nitrogens with zero attached hydrogens (tertiary/aromatic N) is 1. The van der Waals surface area contributed by atoms with E-state index in [0.29, 0.717) is 5.13 Å². The van der Waals surface area contributed by atoms with Crippen molar-refractivity contribution in [2.75, 3.05) is 5.32 Å². The number of benzene rings is 1. The van der Waals surface area contributed by atoms with Crippen LogP contribution in [0.5, 0.6) is 0 Å². The quantitative estimate of drug-likeness (QED) is 0.850. The molecule has 0 saturated heterocycles. The molecule has 1 aliphatic carbocycles. The molecule has 116 valence electrons. The van der Waals surface area contributed by atoms with Gasteiger partial charge in [-0.3, -0.25) is 10.1 Å². The molecule has 1 aromatic carbocycles. The summed E-state index contributed by atoms with van der Waals surface area (Å²) in [4.78, 5) is 18.0. The molecule has 2 aromatic rings. The molecule has 1 heterocycles. The maximum absolute atomic E-state index is 13.0. The van der Waals surface area contributed by atoms with Gasteiger partial charge in [0, 0.05) is 4.88 Å². The van der Waals surface area contributed by atoms with Crippen LogP contribution >= 0.6 is 22.9 Å². The number of aryl methyl sites for hydroxylation is 2. The minimum Gasteiger partial charge on any atom is -0.298 e. The maximum atomic E-state index is 13.0. The smallest absolute Gasteiger partial charge is 0.258 e. The predicted octanol–water partition coefficient (Wildman–Crippen LogP) is 4.85. The molecule has 0 bridgehead atoms. The van der Waals surface area contributed by atoms with Crippen LogP contribution in [0.4, 0.5) is 9.52 Å². The zero-order valence-corrected chi connectivity index (χ0v) is 13.6. The number of rotatable bonds is 2. The molecule has 0 spiro atoms. The fourth-order valence-corrected chi connectivity index (χ4v) is 3.90. The van der Waals surface area contributed by atoms with Gasteiger partial charge in [0.15, 0.2) is 5.13 Å². The molecule has 22 heavy (non-hydrogen) atoms. The average molecular weight is 339 g/mol. The maximum Gasteiger partial charge on any atom is 0.258 e. The lowest BCUT2D eigenvalue weighted by Gasteiger charge is -2.06. The van der Waals surface area contributed by atoms with Crippen molar-refractivity contribution in [1.29, 1.82) is 0 Å². The molecule has 0 atom stereocenters. The number of nitrogens with one attached hydrogen (secondary N) is 1. The molecule has 0 radical (unpaired) electrons. The highest BCUT2D eigenvalue weighted by Gasteiger charge is 2.17. The van der Waals surface area contributed by atoms with E-state index in [9.17, 15) is 9.18 Å². The van der Waals surface area contributed by atoms with Gasteiger partial charge < -0.3 is 0 Å². The lowest BCUT2D eigenvalue weighted by molar-refractivity contribution is 0.102. The van der Waals surface area contributed by atoms with Crippen molar-refractivity contribution < 1.29 is 9.18 Å². The first kappa shape index (κ1) is 15.4. The van der Waals surface area contributed by atoms with Gasteiger partial charge in [-0.1, -0.05) is 24.4 Å². The van der Waals surface area contributed by atoms with E-state index in [4.69, 9.17) is 11.6 Å². The molecule has 1 aromatic heterocycles. The third kappa shape index (κ3) is 3.47. The second kappa shape index (κ2) is 6.75. The Morgan fingerprint density at radius 3 is 2.77 bits per heavy atom. The first-order valence-electron chi connectivity index (χ1n) is 7.38. The number of carbonyl (C=O) groups is 1. The van der Waals surface area contributed by atoms with Crippen molar-refractivity contribution in [1.82, 2.24) is 4.98 Å². The molecule has 0 saturated carbocycles. The van der Waals surface area contributed by atoms with Gasteiger partial charge in [0.1, 0.15) is 5.82 Å². The second-order valence-electron chi connectivity index (χ2n) is 5.38. The van der Waals surface area contributed by atoms with E-state index >= 15 is 0 Å². The lowest BCUT2D eigenvalue weighted by atomic mass is 10.0. The van der Waals surface area contributed by atoms with Gasteiger partial charge in [0.05, 0.1) is 16.3 Å². The molecule has 1 amide bonds. The highest BCUT2D eigenvalue weighted by Crippen LogP contribution is 2.29. The standard InChI is InChI=1S/C16H16ClFN2OS/c17-12-9-10(18)7-8-11(12)15(21)20-16-19-13-5-3-1-2-4-6-14(13)22-16/h7-9H,1-6H2,(H,19,20,21). The van der Waals surface area contributed by atoms with Crippen LogP contribution in [0, 0.1) is 5.82 Å². The summed E-state index contributed by atoms with van der Waals surface area (Å²) >= 11 is 7.45. The minimum absolute atomic E-state index is 0.104. The second-order valence-corrected chi connectivity index (χ2v) is 6.87. The van der Waals surface area contributed by atoms with E-state index in [-0.39, 0.29) is 16.5 Å². The summed E-state index contributed by atoms with van der Waals surface area (Å²) in [7, 11) is 0. The van der Waals surface area contributed by atoms with Gasteiger partial charge in [-0.2, -0.15) is 0 Å². The first-order chi connectivity index (χ1) is 10.6. The number of aromatic nitrogens is 1. The summed E-state index contributed by atoms with van der Waals surface area (Å²) in [5.74, 6) is -0.814. The Kier molecular flexibility index (Phi) is 4.74. The molecule has 3 rings (SSSR count). The van der Waals surface area contributed by atoms with Crippen molar-refractivity contribution in [2.24, 2.45) is 0 Å². The van der Waals surface area contributed by atoms with Crippen LogP contribution in [-0.4, -0.2) is 10.9 Å². The monoisotopic (exact) mass is 338 g/mol. The van der Waals surface area contributed by atoms with Crippen LogP contribution in [0.3, 0.4) is 0 Å². The molecule has 1 N–H and O–H groups in total. The Morgan fingerprint density at radius 1 is 1.23 bits per heavy atom. The van der Waals surface area contributed by atoms with E-state index in [0.717, 1.165) is 31.0 Å². The van der Waals surface area contributed by atoms with Crippen LogP contribution in [0.1, 0.15) is 46.6 Å². The summed E-state index contributed by atoms with van der Waals surface area (Å²) < 4.78 is 13.0. The molecule has 0 aliphatic heterocycles. The molecular formula is C16H16ClFN2OS. The van der Waals surface area contributed by atoms with Gasteiger partial charge in [0.2, 0.25) is 0 Å².